The number of aliphatic hydroxyl groups is 1. The number of rotatable bonds is 10. The van der Waals surface area contributed by atoms with E-state index in [1.165, 1.54) is 32.2 Å². The number of hydrogen-bond acceptors (Lipinski definition) is 8. The van der Waals surface area contributed by atoms with Gasteiger partial charge in [-0.3, -0.25) is 9.59 Å². The Morgan fingerprint density at radius 2 is 1.84 bits per heavy atom. The van der Waals surface area contributed by atoms with Crippen molar-refractivity contribution in [3.05, 3.63) is 106 Å². The minimum absolute atomic E-state index is 0.0833. The first-order valence-electron chi connectivity index (χ1n) is 15.6. The molecule has 1 aliphatic carbocycles. The van der Waals surface area contributed by atoms with Crippen molar-refractivity contribution < 1.29 is 46.1 Å². The highest BCUT2D eigenvalue weighted by Gasteiger charge is 2.46. The number of fused-ring (bicyclic) bond motifs is 2. The predicted octanol–water partition coefficient (Wildman–Crippen LogP) is 5.79. The highest BCUT2D eigenvalue weighted by molar-refractivity contribution is 5.99. The fourth-order valence-corrected chi connectivity index (χ4v) is 6.07. The van der Waals surface area contributed by atoms with Crippen molar-refractivity contribution in [1.82, 2.24) is 15.3 Å². The van der Waals surface area contributed by atoms with Crippen LogP contribution in [0.3, 0.4) is 0 Å². The normalized spacial score (nSPS) is 18.1. The number of methoxy groups -OCH3 is 1. The van der Waals surface area contributed by atoms with Gasteiger partial charge in [0.05, 0.1) is 24.9 Å². The van der Waals surface area contributed by atoms with E-state index in [-0.39, 0.29) is 46.4 Å². The number of carbonyl (C=O) groups is 2. The molecule has 1 saturated carbocycles. The highest BCUT2D eigenvalue weighted by atomic mass is 19.3. The van der Waals surface area contributed by atoms with Crippen LogP contribution in [0.1, 0.15) is 70.7 Å². The van der Waals surface area contributed by atoms with Gasteiger partial charge in [-0.05, 0) is 49.6 Å². The van der Waals surface area contributed by atoms with Crippen LogP contribution in [0.5, 0.6) is 11.5 Å². The number of aromatic nitrogens is 2. The number of nitrogens with zero attached hydrogens (tertiary/aromatic N) is 2. The molecule has 7 rings (SSSR count). The first-order chi connectivity index (χ1) is 23.8. The van der Waals surface area contributed by atoms with E-state index < -0.39 is 58.6 Å². The number of alkyl halides is 2. The Balaban J connectivity index is 1.35. The molecule has 50 heavy (non-hydrogen) atoms. The Labute approximate surface area is 282 Å². The summed E-state index contributed by atoms with van der Waals surface area (Å²) in [5.41, 5.74) is 1.06. The van der Waals surface area contributed by atoms with Gasteiger partial charge < -0.3 is 30.0 Å². The number of oxazole rings is 1. The van der Waals surface area contributed by atoms with Crippen LogP contribution >= 0.6 is 0 Å². The highest BCUT2D eigenvalue weighted by Crippen LogP contribution is 2.47. The second kappa shape index (κ2) is 12.1. The lowest BCUT2D eigenvalue weighted by atomic mass is 9.80. The number of ether oxygens (including phenoxy) is 2. The monoisotopic (exact) mass is 690 g/mol. The van der Waals surface area contributed by atoms with Crippen LogP contribution in [0.25, 0.3) is 22.4 Å². The second-order valence-electron chi connectivity index (χ2n) is 12.6. The molecule has 2 atom stereocenters. The average molecular weight is 691 g/mol. The van der Waals surface area contributed by atoms with E-state index in [4.69, 9.17) is 19.6 Å². The maximum atomic E-state index is 15.4. The van der Waals surface area contributed by atoms with Crippen LogP contribution in [0.4, 0.5) is 17.6 Å². The molecule has 4 N–H and O–H groups in total. The van der Waals surface area contributed by atoms with Gasteiger partial charge in [-0.15, -0.1) is 0 Å². The Morgan fingerprint density at radius 1 is 1.10 bits per heavy atom. The fraction of sp³-hybridized carbons (Fsp3) is 0.278. The number of hydrogen-bond donors (Lipinski definition) is 3. The summed E-state index contributed by atoms with van der Waals surface area (Å²) < 4.78 is 74.4. The first-order valence-corrected chi connectivity index (χ1v) is 15.6. The molecule has 2 amide bonds. The van der Waals surface area contributed by atoms with E-state index in [0.29, 0.717) is 34.9 Å². The molecule has 0 spiro atoms. The summed E-state index contributed by atoms with van der Waals surface area (Å²) in [5.74, 6) is -3.26. The van der Waals surface area contributed by atoms with Crippen molar-refractivity contribution in [2.75, 3.05) is 20.3 Å². The largest absolute Gasteiger partial charge is 0.494 e. The summed E-state index contributed by atoms with van der Waals surface area (Å²) in [6.07, 6.45) is -1.40. The topological polar surface area (TPSA) is 150 Å². The average Bonchev–Trinajstić information content (AvgIpc) is 3.77. The molecule has 0 saturated heterocycles. The van der Waals surface area contributed by atoms with Crippen LogP contribution in [0, 0.1) is 11.6 Å². The summed E-state index contributed by atoms with van der Waals surface area (Å²) in [6.45, 7) is 0.633. The number of carbonyl (C=O) groups excluding carboxylic acids is 2. The molecule has 10 nitrogen and oxygen atoms in total. The molecule has 3 aromatic carbocycles. The van der Waals surface area contributed by atoms with Crippen molar-refractivity contribution in [2.24, 2.45) is 5.73 Å². The van der Waals surface area contributed by atoms with Gasteiger partial charge in [-0.25, -0.2) is 27.5 Å². The van der Waals surface area contributed by atoms with Gasteiger partial charge in [0.15, 0.2) is 17.0 Å². The van der Waals surface area contributed by atoms with Gasteiger partial charge in [-0.1, -0.05) is 30.3 Å². The number of benzene rings is 3. The zero-order valence-electron chi connectivity index (χ0n) is 26.7. The lowest BCUT2D eigenvalue weighted by molar-refractivity contribution is -0.123. The van der Waals surface area contributed by atoms with Crippen LogP contribution in [0.15, 0.2) is 65.1 Å². The molecule has 258 valence electrons. The number of primary amides is 1. The zero-order chi connectivity index (χ0) is 35.5. The number of nitrogens with one attached hydrogen (secondary N) is 1. The van der Waals surface area contributed by atoms with Crippen molar-refractivity contribution in [3.8, 4) is 22.8 Å². The van der Waals surface area contributed by atoms with E-state index in [1.807, 2.05) is 0 Å². The summed E-state index contributed by atoms with van der Waals surface area (Å²) in [6, 6.07) is 13.3. The Hall–Kier alpha value is -5.50. The fourth-order valence-electron chi connectivity index (χ4n) is 6.07. The van der Waals surface area contributed by atoms with Crippen molar-refractivity contribution in [2.45, 2.75) is 43.1 Å². The van der Waals surface area contributed by atoms with Gasteiger partial charge in [0.2, 0.25) is 5.91 Å². The third kappa shape index (κ3) is 5.49. The van der Waals surface area contributed by atoms with Crippen LogP contribution in [0.2, 0.25) is 0 Å². The molecule has 1 aliphatic heterocycles. The SMILES string of the molecule is COc1cc(C(=O)NC[C@@](O)(c2ccccc2)c2cc3c(c(-c4cc(C(F)F)c(F)cc4F)n2)OC[C@]3(C)C(N)=O)cc2oc(C3CC3)nc12. The summed E-state index contributed by atoms with van der Waals surface area (Å²) in [7, 11) is 1.44. The van der Waals surface area contributed by atoms with Crippen molar-refractivity contribution >= 4 is 22.9 Å². The summed E-state index contributed by atoms with van der Waals surface area (Å²) in [4.78, 5) is 35.4. The number of nitrogens with two attached hydrogens (primary N) is 1. The van der Waals surface area contributed by atoms with E-state index in [2.05, 4.69) is 15.3 Å². The molecular weight excluding hydrogens is 660 g/mol. The molecule has 1 fully saturated rings. The third-order valence-corrected chi connectivity index (χ3v) is 9.26. The number of pyridine rings is 1. The van der Waals surface area contributed by atoms with E-state index in [9.17, 15) is 27.9 Å². The predicted molar refractivity (Wildman–Crippen MR) is 171 cm³/mol. The molecular formula is C36H30F4N4O6. The van der Waals surface area contributed by atoms with Gasteiger partial charge in [0, 0.05) is 28.7 Å². The second-order valence-corrected chi connectivity index (χ2v) is 12.6. The molecule has 2 aliphatic rings. The van der Waals surface area contributed by atoms with Crippen LogP contribution in [-0.2, 0) is 15.8 Å². The Kier molecular flexibility index (Phi) is 8.01. The number of halogens is 4. The molecule has 5 aromatic rings. The van der Waals surface area contributed by atoms with E-state index >= 15 is 4.39 Å². The molecule has 0 bridgehead atoms. The molecule has 0 radical (unpaired) electrons. The minimum atomic E-state index is -3.30. The maximum absolute atomic E-state index is 15.4. The van der Waals surface area contributed by atoms with Gasteiger partial charge in [-0.2, -0.15) is 0 Å². The zero-order valence-corrected chi connectivity index (χ0v) is 26.7. The molecule has 3 heterocycles. The quantitative estimate of drug-likeness (QED) is 0.156. The summed E-state index contributed by atoms with van der Waals surface area (Å²) >= 11 is 0. The number of amides is 2. The van der Waals surface area contributed by atoms with E-state index in [1.54, 1.807) is 30.3 Å². The van der Waals surface area contributed by atoms with Gasteiger partial charge in [0.25, 0.3) is 12.3 Å². The van der Waals surface area contributed by atoms with Crippen molar-refractivity contribution in [1.29, 1.82) is 0 Å². The smallest absolute Gasteiger partial charge is 0.266 e. The Morgan fingerprint density at radius 3 is 2.50 bits per heavy atom. The lowest BCUT2D eigenvalue weighted by Crippen LogP contribution is -2.43. The van der Waals surface area contributed by atoms with Crippen molar-refractivity contribution in [3.63, 3.8) is 0 Å². The lowest BCUT2D eigenvalue weighted by Gasteiger charge is -2.30. The molecule has 0 unspecified atom stereocenters. The van der Waals surface area contributed by atoms with Crippen LogP contribution in [-0.4, -0.2) is 47.2 Å². The summed E-state index contributed by atoms with van der Waals surface area (Å²) in [5, 5.41) is 15.2. The van der Waals surface area contributed by atoms with E-state index in [0.717, 1.165) is 12.8 Å². The standard InChI is InChI=1S/C36H30F4N4O6/c1-35(34(41)46)16-49-30-22(35)13-27(43-28(30)20-12-21(31(39)40)24(38)14-23(20)37)36(47,19-6-4-3-5-7-19)15-42-32(45)18-10-25(48-2)29-26(11-18)50-33(44-29)17-8-9-17/h3-7,10-14,17,31,47H,8-9,15-16H2,1-2H3,(H2,41,46)(H,42,45)/t35-,36+/m0/s1. The Bertz CT molecular complexity index is 2170. The third-order valence-electron chi connectivity index (χ3n) is 9.26. The maximum Gasteiger partial charge on any atom is 0.266 e. The van der Waals surface area contributed by atoms with Gasteiger partial charge >= 0.3 is 0 Å². The first kappa shape index (κ1) is 33.0. The van der Waals surface area contributed by atoms with Gasteiger partial charge in [0.1, 0.15) is 46.5 Å². The minimum Gasteiger partial charge on any atom is -0.494 e. The molecule has 14 heteroatoms. The molecule has 2 aromatic heterocycles. The van der Waals surface area contributed by atoms with Crippen LogP contribution < -0.4 is 20.5 Å².